The van der Waals surface area contributed by atoms with Gasteiger partial charge in [-0.3, -0.25) is 9.48 Å². The fourth-order valence-electron chi connectivity index (χ4n) is 2.05. The highest BCUT2D eigenvalue weighted by Gasteiger charge is 2.15. The van der Waals surface area contributed by atoms with E-state index in [-0.39, 0.29) is 5.56 Å². The van der Waals surface area contributed by atoms with Gasteiger partial charge in [0.15, 0.2) is 0 Å². The van der Waals surface area contributed by atoms with E-state index >= 15 is 0 Å². The van der Waals surface area contributed by atoms with E-state index in [1.807, 2.05) is 35.0 Å². The summed E-state index contributed by atoms with van der Waals surface area (Å²) in [6, 6.07) is 11.3. The van der Waals surface area contributed by atoms with E-state index in [4.69, 9.17) is 4.74 Å². The van der Waals surface area contributed by atoms with Gasteiger partial charge in [0.2, 0.25) is 0 Å². The van der Waals surface area contributed by atoms with Gasteiger partial charge in [0.1, 0.15) is 0 Å². The van der Waals surface area contributed by atoms with Crippen molar-refractivity contribution in [2.24, 2.45) is 0 Å². The quantitative estimate of drug-likeness (QED) is 0.717. The summed E-state index contributed by atoms with van der Waals surface area (Å²) in [5.74, 6) is 0. The fraction of sp³-hybridized carbons (Fsp3) is 0.250. The molecular formula is C12H12N2O2. The minimum Gasteiger partial charge on any atom is -0.373 e. The third-order valence-electron chi connectivity index (χ3n) is 2.77. The largest absolute Gasteiger partial charge is 0.373 e. The van der Waals surface area contributed by atoms with Crippen LogP contribution in [0.25, 0.3) is 5.69 Å². The molecule has 82 valence electrons. The first-order valence-corrected chi connectivity index (χ1v) is 5.31. The summed E-state index contributed by atoms with van der Waals surface area (Å²) in [5, 5.41) is 0. The number of benzene rings is 1. The monoisotopic (exact) mass is 216 g/mol. The molecule has 3 rings (SSSR count). The summed E-state index contributed by atoms with van der Waals surface area (Å²) < 4.78 is 9.02. The molecule has 0 spiro atoms. The zero-order valence-electron chi connectivity index (χ0n) is 8.80. The summed E-state index contributed by atoms with van der Waals surface area (Å²) in [4.78, 5) is 11.9. The lowest BCUT2D eigenvalue weighted by molar-refractivity contribution is 0.0771. The van der Waals surface area contributed by atoms with E-state index in [1.165, 1.54) is 0 Å². The highest BCUT2D eigenvalue weighted by Crippen LogP contribution is 2.11. The van der Waals surface area contributed by atoms with Crippen LogP contribution in [0.15, 0.2) is 41.2 Å². The van der Waals surface area contributed by atoms with Crippen LogP contribution in [0.5, 0.6) is 0 Å². The highest BCUT2D eigenvalue weighted by atomic mass is 16.5. The van der Waals surface area contributed by atoms with Crippen LogP contribution in [-0.4, -0.2) is 16.0 Å². The Balaban J connectivity index is 2.21. The molecule has 4 heteroatoms. The van der Waals surface area contributed by atoms with Crippen LogP contribution in [0, 0.1) is 0 Å². The molecule has 16 heavy (non-hydrogen) atoms. The summed E-state index contributed by atoms with van der Waals surface area (Å²) in [7, 11) is 0. The van der Waals surface area contributed by atoms with Crippen molar-refractivity contribution < 1.29 is 4.74 Å². The molecule has 0 N–H and O–H groups in total. The fourth-order valence-corrected chi connectivity index (χ4v) is 2.05. The van der Waals surface area contributed by atoms with Crippen LogP contribution < -0.4 is 5.56 Å². The van der Waals surface area contributed by atoms with Gasteiger partial charge in [0.25, 0.3) is 5.56 Å². The van der Waals surface area contributed by atoms with Gasteiger partial charge in [-0.1, -0.05) is 18.2 Å². The van der Waals surface area contributed by atoms with Gasteiger partial charge in [0.05, 0.1) is 31.1 Å². The Morgan fingerprint density at radius 3 is 2.81 bits per heavy atom. The number of rotatable bonds is 1. The van der Waals surface area contributed by atoms with Crippen molar-refractivity contribution in [1.29, 1.82) is 0 Å². The smallest absolute Gasteiger partial charge is 0.271 e. The van der Waals surface area contributed by atoms with E-state index in [2.05, 4.69) is 0 Å². The van der Waals surface area contributed by atoms with Gasteiger partial charge in [-0.2, -0.15) is 0 Å². The number of para-hydroxylation sites is 1. The second kappa shape index (κ2) is 3.64. The standard InChI is InChI=1S/C12H12N2O2/c15-12-8-11-9-16-7-6-13(11)14(12)10-4-2-1-3-5-10/h1-5,8H,6-7,9H2. The summed E-state index contributed by atoms with van der Waals surface area (Å²) in [6.07, 6.45) is 0. The molecule has 1 aromatic heterocycles. The molecule has 4 nitrogen and oxygen atoms in total. The molecule has 2 aromatic rings. The lowest BCUT2D eigenvalue weighted by atomic mass is 10.3. The first kappa shape index (κ1) is 9.42. The zero-order chi connectivity index (χ0) is 11.0. The van der Waals surface area contributed by atoms with Gasteiger partial charge in [0, 0.05) is 6.07 Å². The van der Waals surface area contributed by atoms with Gasteiger partial charge in [-0.25, -0.2) is 4.68 Å². The summed E-state index contributed by atoms with van der Waals surface area (Å²) >= 11 is 0. The van der Waals surface area contributed by atoms with Crippen LogP contribution in [0.2, 0.25) is 0 Å². The Morgan fingerprint density at radius 1 is 1.19 bits per heavy atom. The van der Waals surface area contributed by atoms with Crippen molar-refractivity contribution in [3.8, 4) is 5.69 Å². The maximum absolute atomic E-state index is 11.9. The zero-order valence-corrected chi connectivity index (χ0v) is 8.80. The van der Waals surface area contributed by atoms with E-state index in [0.29, 0.717) is 13.2 Å². The van der Waals surface area contributed by atoms with Crippen molar-refractivity contribution in [3.63, 3.8) is 0 Å². The molecule has 0 aliphatic carbocycles. The lowest BCUT2D eigenvalue weighted by Crippen LogP contribution is -2.25. The number of nitrogens with zero attached hydrogens (tertiary/aromatic N) is 2. The molecule has 0 saturated heterocycles. The van der Waals surface area contributed by atoms with Gasteiger partial charge in [-0.05, 0) is 12.1 Å². The SMILES string of the molecule is O=c1cc2n(n1-c1ccccc1)CCOC2. The van der Waals surface area contributed by atoms with E-state index in [0.717, 1.165) is 17.9 Å². The van der Waals surface area contributed by atoms with Crippen LogP contribution in [-0.2, 0) is 17.9 Å². The molecule has 1 aliphatic rings. The van der Waals surface area contributed by atoms with Crippen molar-refractivity contribution in [2.75, 3.05) is 6.61 Å². The van der Waals surface area contributed by atoms with Crippen molar-refractivity contribution in [1.82, 2.24) is 9.36 Å². The van der Waals surface area contributed by atoms with Crippen molar-refractivity contribution in [2.45, 2.75) is 13.2 Å². The number of hydrogen-bond donors (Lipinski definition) is 0. The summed E-state index contributed by atoms with van der Waals surface area (Å²) in [5.41, 5.74) is 1.85. The molecule has 0 unspecified atom stereocenters. The minimum absolute atomic E-state index is 0.00620. The Morgan fingerprint density at radius 2 is 2.00 bits per heavy atom. The number of fused-ring (bicyclic) bond motifs is 1. The molecule has 1 aliphatic heterocycles. The Bertz CT molecular complexity index is 554. The minimum atomic E-state index is 0.00620. The van der Waals surface area contributed by atoms with Gasteiger partial charge >= 0.3 is 0 Å². The van der Waals surface area contributed by atoms with E-state index in [9.17, 15) is 4.79 Å². The molecule has 0 atom stereocenters. The third-order valence-corrected chi connectivity index (χ3v) is 2.77. The maximum Gasteiger partial charge on any atom is 0.271 e. The van der Waals surface area contributed by atoms with Crippen LogP contribution in [0.3, 0.4) is 0 Å². The highest BCUT2D eigenvalue weighted by molar-refractivity contribution is 5.31. The molecule has 0 fully saturated rings. The van der Waals surface area contributed by atoms with Crippen LogP contribution in [0.4, 0.5) is 0 Å². The number of aromatic nitrogens is 2. The predicted octanol–water partition coefficient (Wildman–Crippen LogP) is 1.17. The molecule has 2 heterocycles. The third kappa shape index (κ3) is 1.39. The Kier molecular flexibility index (Phi) is 2.15. The number of ether oxygens (including phenoxy) is 1. The van der Waals surface area contributed by atoms with Crippen LogP contribution in [0.1, 0.15) is 5.69 Å². The predicted molar refractivity (Wildman–Crippen MR) is 59.7 cm³/mol. The first-order chi connectivity index (χ1) is 7.86. The normalized spacial score (nSPS) is 14.8. The second-order valence-corrected chi connectivity index (χ2v) is 3.80. The van der Waals surface area contributed by atoms with Crippen LogP contribution >= 0.6 is 0 Å². The average Bonchev–Trinajstić information content (AvgIpc) is 2.66. The molecule has 1 aromatic carbocycles. The van der Waals surface area contributed by atoms with Gasteiger partial charge < -0.3 is 4.74 Å². The van der Waals surface area contributed by atoms with Crippen molar-refractivity contribution in [3.05, 3.63) is 52.4 Å². The average molecular weight is 216 g/mol. The first-order valence-electron chi connectivity index (χ1n) is 5.31. The molecular weight excluding hydrogens is 204 g/mol. The maximum atomic E-state index is 11.9. The van der Waals surface area contributed by atoms with E-state index in [1.54, 1.807) is 10.7 Å². The summed E-state index contributed by atoms with van der Waals surface area (Å²) in [6.45, 7) is 1.91. The number of hydrogen-bond acceptors (Lipinski definition) is 2. The second-order valence-electron chi connectivity index (χ2n) is 3.80. The molecule has 0 radical (unpaired) electrons. The molecule has 0 bridgehead atoms. The van der Waals surface area contributed by atoms with Crippen molar-refractivity contribution >= 4 is 0 Å². The van der Waals surface area contributed by atoms with Gasteiger partial charge in [-0.15, -0.1) is 0 Å². The van der Waals surface area contributed by atoms with E-state index < -0.39 is 0 Å². The topological polar surface area (TPSA) is 36.2 Å². The molecule has 0 saturated carbocycles. The Labute approximate surface area is 92.7 Å². The molecule has 0 amide bonds. The lowest BCUT2D eigenvalue weighted by Gasteiger charge is -2.19. The Hall–Kier alpha value is -1.81.